The molecular formula is C15H31NO. The second-order valence-electron chi connectivity index (χ2n) is 7.76. The molecule has 102 valence electrons. The molecule has 0 radical (unpaired) electrons. The summed E-state index contributed by atoms with van der Waals surface area (Å²) >= 11 is 0. The summed E-state index contributed by atoms with van der Waals surface area (Å²) in [5, 5.41) is 13.1. The Labute approximate surface area is 107 Å². The van der Waals surface area contributed by atoms with Gasteiger partial charge in [0.25, 0.3) is 0 Å². The molecule has 0 aliphatic heterocycles. The number of aliphatic hydroxyl groups is 1. The molecule has 1 fully saturated rings. The molecule has 0 bridgehead atoms. The third-order valence-electron chi connectivity index (χ3n) is 3.77. The number of hydrogen-bond acceptors (Lipinski definition) is 2. The van der Waals surface area contributed by atoms with Crippen molar-refractivity contribution in [3.8, 4) is 0 Å². The van der Waals surface area contributed by atoms with E-state index < -0.39 is 0 Å². The molecule has 1 saturated carbocycles. The summed E-state index contributed by atoms with van der Waals surface area (Å²) in [6, 6.07) is 1.01. The fourth-order valence-corrected chi connectivity index (χ4v) is 3.95. The molecule has 2 nitrogen and oxygen atoms in total. The number of hydrogen-bond donors (Lipinski definition) is 2. The van der Waals surface area contributed by atoms with E-state index in [-0.39, 0.29) is 6.10 Å². The quantitative estimate of drug-likeness (QED) is 0.791. The van der Waals surface area contributed by atoms with Gasteiger partial charge in [-0.25, -0.2) is 0 Å². The van der Waals surface area contributed by atoms with Crippen LogP contribution in [0.1, 0.15) is 67.2 Å². The molecule has 0 aromatic heterocycles. The van der Waals surface area contributed by atoms with Crippen LogP contribution in [0.15, 0.2) is 0 Å². The fourth-order valence-electron chi connectivity index (χ4n) is 3.95. The van der Waals surface area contributed by atoms with Gasteiger partial charge in [-0.05, 0) is 50.4 Å². The van der Waals surface area contributed by atoms with Crippen LogP contribution < -0.4 is 5.32 Å². The first-order chi connectivity index (χ1) is 7.60. The van der Waals surface area contributed by atoms with E-state index in [0.717, 1.165) is 6.42 Å². The highest BCUT2D eigenvalue weighted by atomic mass is 16.3. The molecule has 1 aliphatic carbocycles. The largest absolute Gasteiger partial charge is 0.393 e. The topological polar surface area (TPSA) is 32.3 Å². The van der Waals surface area contributed by atoms with Crippen molar-refractivity contribution in [2.45, 2.75) is 85.4 Å². The average molecular weight is 241 g/mol. The highest BCUT2D eigenvalue weighted by Crippen LogP contribution is 2.45. The van der Waals surface area contributed by atoms with Gasteiger partial charge >= 0.3 is 0 Å². The van der Waals surface area contributed by atoms with Gasteiger partial charge in [-0.2, -0.15) is 0 Å². The zero-order valence-electron chi connectivity index (χ0n) is 12.5. The van der Waals surface area contributed by atoms with Crippen LogP contribution in [0.4, 0.5) is 0 Å². The summed E-state index contributed by atoms with van der Waals surface area (Å²) in [7, 11) is 0. The van der Waals surface area contributed by atoms with Gasteiger partial charge < -0.3 is 10.4 Å². The lowest BCUT2D eigenvalue weighted by Crippen LogP contribution is -2.47. The predicted octanol–water partition coefficient (Wildman–Crippen LogP) is 3.34. The zero-order chi connectivity index (χ0) is 13.3. The molecule has 0 amide bonds. The molecule has 0 spiro atoms. The van der Waals surface area contributed by atoms with Gasteiger partial charge in [0.1, 0.15) is 0 Å². The third kappa shape index (κ3) is 5.39. The molecule has 1 aliphatic rings. The van der Waals surface area contributed by atoms with Crippen LogP contribution in [-0.2, 0) is 0 Å². The van der Waals surface area contributed by atoms with E-state index in [9.17, 15) is 5.11 Å². The Kier molecular flexibility index (Phi) is 4.65. The van der Waals surface area contributed by atoms with E-state index in [0.29, 0.717) is 22.9 Å². The van der Waals surface area contributed by atoms with Gasteiger partial charge in [0, 0.05) is 12.1 Å². The number of aliphatic hydroxyl groups excluding tert-OH is 1. The lowest BCUT2D eigenvalue weighted by Gasteiger charge is -2.46. The van der Waals surface area contributed by atoms with Crippen molar-refractivity contribution in [1.82, 2.24) is 5.32 Å². The van der Waals surface area contributed by atoms with E-state index in [1.54, 1.807) is 0 Å². The SMILES string of the molecule is CC(O)CC(C)NC1CC(C)(C)CC(C)(C)C1. The summed E-state index contributed by atoms with van der Waals surface area (Å²) in [6.45, 7) is 13.6. The molecule has 1 rings (SSSR count). The number of nitrogens with one attached hydrogen (secondary N) is 1. The Bertz CT molecular complexity index is 229. The van der Waals surface area contributed by atoms with Crippen molar-refractivity contribution in [3.05, 3.63) is 0 Å². The maximum absolute atomic E-state index is 9.42. The van der Waals surface area contributed by atoms with Crippen LogP contribution in [0, 0.1) is 10.8 Å². The summed E-state index contributed by atoms with van der Waals surface area (Å²) in [4.78, 5) is 0. The summed E-state index contributed by atoms with van der Waals surface area (Å²) in [5.74, 6) is 0. The maximum atomic E-state index is 9.42. The van der Waals surface area contributed by atoms with Crippen molar-refractivity contribution < 1.29 is 5.11 Å². The predicted molar refractivity (Wildman–Crippen MR) is 74.1 cm³/mol. The molecule has 0 saturated heterocycles. The van der Waals surface area contributed by atoms with Crippen molar-refractivity contribution in [1.29, 1.82) is 0 Å². The van der Waals surface area contributed by atoms with Crippen LogP contribution in [0.5, 0.6) is 0 Å². The van der Waals surface area contributed by atoms with Crippen LogP contribution in [0.2, 0.25) is 0 Å². The van der Waals surface area contributed by atoms with Crippen molar-refractivity contribution in [3.63, 3.8) is 0 Å². The fraction of sp³-hybridized carbons (Fsp3) is 1.00. The van der Waals surface area contributed by atoms with Gasteiger partial charge in [0.05, 0.1) is 6.10 Å². The lowest BCUT2D eigenvalue weighted by molar-refractivity contribution is 0.0767. The Morgan fingerprint density at radius 3 is 2.00 bits per heavy atom. The van der Waals surface area contributed by atoms with Gasteiger partial charge in [-0.15, -0.1) is 0 Å². The summed E-state index contributed by atoms with van der Waals surface area (Å²) in [5.41, 5.74) is 0.869. The molecule has 2 unspecified atom stereocenters. The van der Waals surface area contributed by atoms with Crippen LogP contribution in [0.3, 0.4) is 0 Å². The molecule has 2 atom stereocenters. The standard InChI is InChI=1S/C15H31NO/c1-11(7-12(2)17)16-13-8-14(3,4)10-15(5,6)9-13/h11-13,16-17H,7-10H2,1-6H3. The molecule has 0 heterocycles. The molecule has 0 aromatic rings. The second kappa shape index (κ2) is 5.27. The Hall–Kier alpha value is -0.0800. The lowest BCUT2D eigenvalue weighted by atomic mass is 9.63. The summed E-state index contributed by atoms with van der Waals surface area (Å²) < 4.78 is 0. The van der Waals surface area contributed by atoms with E-state index >= 15 is 0 Å². The highest BCUT2D eigenvalue weighted by molar-refractivity contribution is 4.93. The van der Waals surface area contributed by atoms with Crippen molar-refractivity contribution in [2.24, 2.45) is 10.8 Å². The summed E-state index contributed by atoms with van der Waals surface area (Å²) in [6.07, 6.45) is 4.45. The van der Waals surface area contributed by atoms with Crippen LogP contribution in [0.25, 0.3) is 0 Å². The molecule has 2 N–H and O–H groups in total. The van der Waals surface area contributed by atoms with Crippen molar-refractivity contribution in [2.75, 3.05) is 0 Å². The van der Waals surface area contributed by atoms with E-state index in [1.807, 2.05) is 6.92 Å². The van der Waals surface area contributed by atoms with E-state index in [4.69, 9.17) is 0 Å². The minimum Gasteiger partial charge on any atom is -0.393 e. The van der Waals surface area contributed by atoms with Crippen molar-refractivity contribution >= 4 is 0 Å². The second-order valence-corrected chi connectivity index (χ2v) is 7.76. The zero-order valence-corrected chi connectivity index (χ0v) is 12.5. The van der Waals surface area contributed by atoms with Gasteiger partial charge in [-0.3, -0.25) is 0 Å². The average Bonchev–Trinajstić information content (AvgIpc) is 1.93. The smallest absolute Gasteiger partial charge is 0.0526 e. The Morgan fingerprint density at radius 1 is 1.12 bits per heavy atom. The Balaban J connectivity index is 2.53. The van der Waals surface area contributed by atoms with E-state index in [2.05, 4.69) is 39.9 Å². The first-order valence-corrected chi connectivity index (χ1v) is 7.04. The molecule has 17 heavy (non-hydrogen) atoms. The monoisotopic (exact) mass is 241 g/mol. The highest BCUT2D eigenvalue weighted by Gasteiger charge is 2.38. The first kappa shape index (κ1) is 15.0. The van der Waals surface area contributed by atoms with Gasteiger partial charge in [0.2, 0.25) is 0 Å². The molecule has 2 heteroatoms. The molecule has 0 aromatic carbocycles. The Morgan fingerprint density at radius 2 is 1.59 bits per heavy atom. The number of rotatable bonds is 4. The van der Waals surface area contributed by atoms with Gasteiger partial charge in [-0.1, -0.05) is 27.7 Å². The van der Waals surface area contributed by atoms with Crippen LogP contribution in [-0.4, -0.2) is 23.3 Å². The maximum Gasteiger partial charge on any atom is 0.0526 e. The first-order valence-electron chi connectivity index (χ1n) is 7.04. The van der Waals surface area contributed by atoms with E-state index in [1.165, 1.54) is 19.3 Å². The minimum absolute atomic E-state index is 0.206. The van der Waals surface area contributed by atoms with Gasteiger partial charge in [0.15, 0.2) is 0 Å². The third-order valence-corrected chi connectivity index (χ3v) is 3.77. The normalized spacial score (nSPS) is 27.7. The molecular weight excluding hydrogens is 210 g/mol. The van der Waals surface area contributed by atoms with Crippen LogP contribution >= 0.6 is 0 Å². The minimum atomic E-state index is -0.206.